The number of amides is 1. The molecule has 2 aromatic rings. The highest BCUT2D eigenvalue weighted by atomic mass is 79.9. The maximum absolute atomic E-state index is 12.8. The lowest BCUT2D eigenvalue weighted by Crippen LogP contribution is -2.25. The third kappa shape index (κ3) is 4.42. The van der Waals surface area contributed by atoms with Gasteiger partial charge in [0.25, 0.3) is 5.91 Å². The van der Waals surface area contributed by atoms with Crippen molar-refractivity contribution in [3.05, 3.63) is 51.8 Å². The number of hydrogen-bond acceptors (Lipinski definition) is 2. The largest absolute Gasteiger partial charge is 0.435 e. The second kappa shape index (κ2) is 7.19. The summed E-state index contributed by atoms with van der Waals surface area (Å²) in [6.07, 6.45) is -2.11. The molecule has 0 radical (unpaired) electrons. The van der Waals surface area contributed by atoms with Gasteiger partial charge >= 0.3 is 6.18 Å². The van der Waals surface area contributed by atoms with Crippen molar-refractivity contribution in [2.24, 2.45) is 0 Å². The number of nitrogens with one attached hydrogen (secondary N) is 1. The number of alkyl halides is 3. The third-order valence-electron chi connectivity index (χ3n) is 4.05. The molecular weight excluding hydrogens is 399 g/mol. The molecule has 1 saturated carbocycles. The van der Waals surface area contributed by atoms with Crippen LogP contribution in [-0.2, 0) is 12.7 Å². The molecule has 0 bridgehead atoms. The molecule has 1 aliphatic carbocycles. The molecule has 1 aromatic carbocycles. The number of aromatic nitrogens is 2. The molecule has 0 spiro atoms. The van der Waals surface area contributed by atoms with Crippen molar-refractivity contribution in [1.29, 1.82) is 0 Å². The van der Waals surface area contributed by atoms with Crippen LogP contribution in [0.5, 0.6) is 0 Å². The van der Waals surface area contributed by atoms with Gasteiger partial charge in [-0.1, -0.05) is 12.1 Å². The summed E-state index contributed by atoms with van der Waals surface area (Å²) in [5, 5.41) is 6.48. The van der Waals surface area contributed by atoms with Crippen LogP contribution in [0.15, 0.2) is 34.8 Å². The fourth-order valence-electron chi connectivity index (χ4n) is 2.63. The van der Waals surface area contributed by atoms with Crippen molar-refractivity contribution in [1.82, 2.24) is 15.1 Å². The smallest absolute Gasteiger partial charge is 0.352 e. The normalized spacial score (nSPS) is 14.6. The number of hydrogen-bond donors (Lipinski definition) is 1. The van der Waals surface area contributed by atoms with Crippen LogP contribution in [0, 0.1) is 0 Å². The van der Waals surface area contributed by atoms with Gasteiger partial charge in [-0.25, -0.2) is 0 Å². The molecule has 0 aliphatic heterocycles. The minimum Gasteiger partial charge on any atom is -0.352 e. The van der Waals surface area contributed by atoms with Crippen molar-refractivity contribution in [2.45, 2.75) is 37.9 Å². The number of carbonyl (C=O) groups excluding carboxylic acids is 1. The molecule has 1 heterocycles. The van der Waals surface area contributed by atoms with Crippen molar-refractivity contribution < 1.29 is 18.0 Å². The summed E-state index contributed by atoms with van der Waals surface area (Å²) in [4.78, 5) is 12.1. The van der Waals surface area contributed by atoms with Gasteiger partial charge in [-0.2, -0.15) is 18.3 Å². The number of carbonyl (C=O) groups is 1. The summed E-state index contributed by atoms with van der Waals surface area (Å²) in [7, 11) is 0. The van der Waals surface area contributed by atoms with Crippen LogP contribution < -0.4 is 5.32 Å². The molecule has 4 nitrogen and oxygen atoms in total. The summed E-state index contributed by atoms with van der Waals surface area (Å²) >= 11 is 3.31. The van der Waals surface area contributed by atoms with Gasteiger partial charge in [-0.3, -0.25) is 9.48 Å². The van der Waals surface area contributed by atoms with Gasteiger partial charge in [0.2, 0.25) is 0 Å². The Hall–Kier alpha value is -1.83. The van der Waals surface area contributed by atoms with E-state index in [0.717, 1.165) is 18.9 Å². The minimum atomic E-state index is -4.43. The maximum Gasteiger partial charge on any atom is 0.435 e. The molecule has 8 heteroatoms. The van der Waals surface area contributed by atoms with E-state index in [9.17, 15) is 18.0 Å². The first-order valence-electron chi connectivity index (χ1n) is 8.04. The van der Waals surface area contributed by atoms with Gasteiger partial charge in [-0.15, -0.1) is 0 Å². The molecular formula is C17H17BrF3N3O. The van der Waals surface area contributed by atoms with Gasteiger partial charge in [0.1, 0.15) is 0 Å². The highest BCUT2D eigenvalue weighted by molar-refractivity contribution is 9.10. The number of nitrogens with zero attached hydrogens (tertiary/aromatic N) is 2. The lowest BCUT2D eigenvalue weighted by molar-refractivity contribution is -0.141. The van der Waals surface area contributed by atoms with E-state index in [-0.39, 0.29) is 11.8 Å². The van der Waals surface area contributed by atoms with Crippen molar-refractivity contribution in [3.8, 4) is 0 Å². The highest BCUT2D eigenvalue weighted by Gasteiger charge is 2.37. The zero-order valence-electron chi connectivity index (χ0n) is 13.3. The lowest BCUT2D eigenvalue weighted by Gasteiger charge is -2.09. The minimum absolute atomic E-state index is 0.179. The van der Waals surface area contributed by atoms with E-state index < -0.39 is 11.9 Å². The van der Waals surface area contributed by atoms with Crippen LogP contribution in [0.3, 0.4) is 0 Å². The number of benzene rings is 1. The van der Waals surface area contributed by atoms with E-state index in [1.54, 1.807) is 18.2 Å². The van der Waals surface area contributed by atoms with Gasteiger partial charge in [0.05, 0.1) is 5.56 Å². The van der Waals surface area contributed by atoms with Crippen molar-refractivity contribution in [3.63, 3.8) is 0 Å². The average Bonchev–Trinajstić information content (AvgIpc) is 3.30. The van der Waals surface area contributed by atoms with Gasteiger partial charge in [-0.05, 0) is 53.4 Å². The molecule has 0 unspecified atom stereocenters. The maximum atomic E-state index is 12.8. The molecule has 0 atom stereocenters. The molecule has 134 valence electrons. The fourth-order valence-corrected chi connectivity index (χ4v) is 3.09. The van der Waals surface area contributed by atoms with E-state index in [2.05, 4.69) is 26.3 Å². The van der Waals surface area contributed by atoms with Crippen molar-refractivity contribution in [2.75, 3.05) is 6.54 Å². The molecule has 1 amide bonds. The van der Waals surface area contributed by atoms with E-state index in [1.165, 1.54) is 4.68 Å². The van der Waals surface area contributed by atoms with Gasteiger partial charge < -0.3 is 5.32 Å². The lowest BCUT2D eigenvalue weighted by atomic mass is 10.2. The number of aryl methyl sites for hydroxylation is 1. The Morgan fingerprint density at radius 1 is 1.32 bits per heavy atom. The first kappa shape index (κ1) is 18.0. The second-order valence-corrected chi connectivity index (χ2v) is 6.89. The number of rotatable bonds is 6. The Balaban J connectivity index is 1.56. The van der Waals surface area contributed by atoms with Crippen LogP contribution in [-0.4, -0.2) is 22.2 Å². The standard InChI is InChI=1S/C17H17BrF3N3O/c18-13-5-2-1-4-12(13)16(25)22-8-3-9-24-14(11-6-7-11)10-15(23-24)17(19,20)21/h1-2,4-5,10-11H,3,6-9H2,(H,22,25). The average molecular weight is 416 g/mol. The van der Waals surface area contributed by atoms with Gasteiger partial charge in [0.15, 0.2) is 5.69 Å². The zero-order chi connectivity index (χ0) is 18.0. The Kier molecular flexibility index (Phi) is 5.17. The Labute approximate surface area is 151 Å². The zero-order valence-corrected chi connectivity index (χ0v) is 14.9. The van der Waals surface area contributed by atoms with Crippen molar-refractivity contribution >= 4 is 21.8 Å². The first-order valence-corrected chi connectivity index (χ1v) is 8.83. The summed E-state index contributed by atoms with van der Waals surface area (Å²) in [5.41, 5.74) is 0.329. The molecule has 25 heavy (non-hydrogen) atoms. The number of halogens is 4. The van der Waals surface area contributed by atoms with E-state index >= 15 is 0 Å². The van der Waals surface area contributed by atoms with Crippen LogP contribution in [0.2, 0.25) is 0 Å². The summed E-state index contributed by atoms with van der Waals surface area (Å²) < 4.78 is 40.7. The SMILES string of the molecule is O=C(NCCCn1nc(C(F)(F)F)cc1C1CC1)c1ccccc1Br. The molecule has 1 N–H and O–H groups in total. The predicted octanol–water partition coefficient (Wildman–Crippen LogP) is 4.36. The Morgan fingerprint density at radius 3 is 2.68 bits per heavy atom. The van der Waals surface area contributed by atoms with E-state index in [0.29, 0.717) is 35.2 Å². The van der Waals surface area contributed by atoms with Crippen LogP contribution in [0.4, 0.5) is 13.2 Å². The summed E-state index contributed by atoms with van der Waals surface area (Å²) in [6, 6.07) is 8.21. The topological polar surface area (TPSA) is 46.9 Å². The van der Waals surface area contributed by atoms with Crippen LogP contribution in [0.25, 0.3) is 0 Å². The fraction of sp³-hybridized carbons (Fsp3) is 0.412. The highest BCUT2D eigenvalue weighted by Crippen LogP contribution is 2.42. The molecule has 3 rings (SSSR count). The first-order chi connectivity index (χ1) is 11.9. The molecule has 1 aliphatic rings. The molecule has 1 fully saturated rings. The van der Waals surface area contributed by atoms with Gasteiger partial charge in [0, 0.05) is 29.2 Å². The Morgan fingerprint density at radius 2 is 2.04 bits per heavy atom. The monoisotopic (exact) mass is 415 g/mol. The summed E-state index contributed by atoms with van der Waals surface area (Å²) in [6.45, 7) is 0.712. The second-order valence-electron chi connectivity index (χ2n) is 6.04. The molecule has 0 saturated heterocycles. The van der Waals surface area contributed by atoms with E-state index in [1.807, 2.05) is 6.07 Å². The van der Waals surface area contributed by atoms with Crippen LogP contribution in [0.1, 0.15) is 46.9 Å². The summed E-state index contributed by atoms with van der Waals surface area (Å²) in [5.74, 6) is -0.0372. The molecule has 1 aromatic heterocycles. The van der Waals surface area contributed by atoms with Crippen LogP contribution >= 0.6 is 15.9 Å². The predicted molar refractivity (Wildman–Crippen MR) is 90.3 cm³/mol. The quantitative estimate of drug-likeness (QED) is 0.712. The Bertz CT molecular complexity index is 769. The third-order valence-corrected chi connectivity index (χ3v) is 4.74. The van der Waals surface area contributed by atoms with E-state index in [4.69, 9.17) is 0 Å².